The molecule has 1 atom stereocenters. The van der Waals surface area contributed by atoms with Crippen molar-refractivity contribution in [2.75, 3.05) is 20.7 Å². The second-order valence-corrected chi connectivity index (χ2v) is 8.67. The van der Waals surface area contributed by atoms with Crippen LogP contribution in [0.5, 0.6) is 0 Å². The lowest BCUT2D eigenvalue weighted by Gasteiger charge is -2.29. The number of nitrogens with one attached hydrogen (secondary N) is 2. The molecule has 2 heterocycles. The Bertz CT molecular complexity index is 815. The number of aromatic nitrogens is 3. The summed E-state index contributed by atoms with van der Waals surface area (Å²) >= 11 is 3.50. The predicted molar refractivity (Wildman–Crippen MR) is 115 cm³/mol. The zero-order chi connectivity index (χ0) is 20.1. The summed E-state index contributed by atoms with van der Waals surface area (Å²) < 4.78 is 8.21. The van der Waals surface area contributed by atoms with Gasteiger partial charge in [0.15, 0.2) is 11.8 Å². The van der Waals surface area contributed by atoms with Crippen molar-refractivity contribution in [2.45, 2.75) is 51.3 Å². The van der Waals surface area contributed by atoms with Crippen LogP contribution in [-0.2, 0) is 29.7 Å². The summed E-state index contributed by atoms with van der Waals surface area (Å²) in [6.45, 7) is 6.48. The number of benzene rings is 1. The summed E-state index contributed by atoms with van der Waals surface area (Å²) in [5, 5.41) is 11.5. The van der Waals surface area contributed by atoms with Crippen molar-refractivity contribution in [2.24, 2.45) is 4.99 Å². The van der Waals surface area contributed by atoms with Gasteiger partial charge in [0.2, 0.25) is 0 Å². The number of ether oxygens (including phenoxy) is 1. The number of nitrogens with zero attached hydrogens (tertiary/aromatic N) is 4. The maximum atomic E-state index is 5.14. The van der Waals surface area contributed by atoms with Gasteiger partial charge in [0.05, 0.1) is 6.54 Å². The zero-order valence-corrected chi connectivity index (χ0v) is 18.6. The fourth-order valence-corrected chi connectivity index (χ4v) is 3.63. The largest absolute Gasteiger partial charge is 0.377 e. The van der Waals surface area contributed by atoms with Crippen molar-refractivity contribution < 1.29 is 4.74 Å². The highest BCUT2D eigenvalue weighted by Gasteiger charge is 2.24. The van der Waals surface area contributed by atoms with E-state index in [1.54, 1.807) is 7.11 Å². The van der Waals surface area contributed by atoms with Gasteiger partial charge >= 0.3 is 0 Å². The number of hydrogen-bond donors (Lipinski definition) is 2. The van der Waals surface area contributed by atoms with E-state index in [0.717, 1.165) is 48.0 Å². The first-order chi connectivity index (χ1) is 13.4. The minimum Gasteiger partial charge on any atom is -0.377 e. The van der Waals surface area contributed by atoms with Crippen molar-refractivity contribution in [1.82, 2.24) is 25.4 Å². The normalized spacial score (nSPS) is 17.3. The molecule has 0 spiro atoms. The highest BCUT2D eigenvalue weighted by atomic mass is 79.9. The van der Waals surface area contributed by atoms with Crippen LogP contribution < -0.4 is 10.6 Å². The van der Waals surface area contributed by atoms with Gasteiger partial charge in [0.25, 0.3) is 0 Å². The Kier molecular flexibility index (Phi) is 6.72. The van der Waals surface area contributed by atoms with Crippen LogP contribution >= 0.6 is 15.9 Å². The molecule has 0 bridgehead atoms. The number of aliphatic imine (C=N–C) groups is 1. The molecule has 1 aromatic carbocycles. The van der Waals surface area contributed by atoms with E-state index in [-0.39, 0.29) is 11.5 Å². The third-order valence-electron chi connectivity index (χ3n) is 5.06. The highest BCUT2D eigenvalue weighted by molar-refractivity contribution is 9.10. The molecule has 0 fully saturated rings. The van der Waals surface area contributed by atoms with E-state index in [0.29, 0.717) is 6.61 Å². The Labute approximate surface area is 175 Å². The van der Waals surface area contributed by atoms with Crippen molar-refractivity contribution in [3.8, 4) is 0 Å². The van der Waals surface area contributed by atoms with Gasteiger partial charge in [-0.25, -0.2) is 9.67 Å². The topological polar surface area (TPSA) is 76.4 Å². The van der Waals surface area contributed by atoms with Crippen LogP contribution in [0.15, 0.2) is 33.7 Å². The van der Waals surface area contributed by atoms with E-state index in [9.17, 15) is 0 Å². The van der Waals surface area contributed by atoms with Gasteiger partial charge in [-0.05, 0) is 24.1 Å². The summed E-state index contributed by atoms with van der Waals surface area (Å²) in [5.74, 6) is 2.59. The lowest BCUT2D eigenvalue weighted by molar-refractivity contribution is 0.177. The first kappa shape index (κ1) is 20.8. The molecular formula is C20H29BrN6O. The third kappa shape index (κ3) is 5.11. The van der Waals surface area contributed by atoms with E-state index in [4.69, 9.17) is 4.74 Å². The minimum atomic E-state index is -0.0149. The van der Waals surface area contributed by atoms with Crippen molar-refractivity contribution in [1.29, 1.82) is 0 Å². The van der Waals surface area contributed by atoms with Crippen molar-refractivity contribution in [3.63, 3.8) is 0 Å². The number of aryl methyl sites for hydroxylation is 1. The summed E-state index contributed by atoms with van der Waals surface area (Å²) in [6.07, 6.45) is 1.90. The number of halogens is 1. The molecule has 0 saturated heterocycles. The molecule has 1 aromatic heterocycles. The van der Waals surface area contributed by atoms with Crippen LogP contribution in [0.3, 0.4) is 0 Å². The van der Waals surface area contributed by atoms with Gasteiger partial charge in [-0.2, -0.15) is 5.10 Å². The SMILES string of the molecule is CN=C(NCC(C)(C)c1ccc(Br)cc1)NC1CCc2nc(COC)nn2C1. The summed E-state index contributed by atoms with van der Waals surface area (Å²) in [7, 11) is 3.47. The molecule has 2 aromatic rings. The molecule has 0 aliphatic carbocycles. The average molecular weight is 449 g/mol. The van der Waals surface area contributed by atoms with Crippen molar-refractivity contribution in [3.05, 3.63) is 46.0 Å². The monoisotopic (exact) mass is 448 g/mol. The van der Waals surface area contributed by atoms with Gasteiger partial charge < -0.3 is 15.4 Å². The lowest BCUT2D eigenvalue weighted by Crippen LogP contribution is -2.49. The van der Waals surface area contributed by atoms with Gasteiger partial charge in [0.1, 0.15) is 12.4 Å². The number of rotatable bonds is 6. The van der Waals surface area contributed by atoms with E-state index >= 15 is 0 Å². The Morgan fingerprint density at radius 1 is 1.36 bits per heavy atom. The molecule has 152 valence electrons. The molecule has 0 saturated carbocycles. The zero-order valence-electron chi connectivity index (χ0n) is 17.0. The molecule has 1 aliphatic rings. The van der Waals surface area contributed by atoms with E-state index in [1.165, 1.54) is 5.56 Å². The summed E-state index contributed by atoms with van der Waals surface area (Å²) in [4.78, 5) is 8.94. The van der Waals surface area contributed by atoms with Gasteiger partial charge in [-0.15, -0.1) is 0 Å². The van der Waals surface area contributed by atoms with E-state index < -0.39 is 0 Å². The predicted octanol–water partition coefficient (Wildman–Crippen LogP) is 2.64. The molecule has 1 aliphatic heterocycles. The Hall–Kier alpha value is -1.93. The number of fused-ring (bicyclic) bond motifs is 1. The maximum absolute atomic E-state index is 5.14. The van der Waals surface area contributed by atoms with Crippen LogP contribution in [0.4, 0.5) is 0 Å². The fourth-order valence-electron chi connectivity index (χ4n) is 3.36. The third-order valence-corrected chi connectivity index (χ3v) is 5.59. The van der Waals surface area contributed by atoms with Crippen LogP contribution in [0.2, 0.25) is 0 Å². The summed E-state index contributed by atoms with van der Waals surface area (Å²) in [5.41, 5.74) is 1.27. The second-order valence-electron chi connectivity index (χ2n) is 7.76. The average Bonchev–Trinajstić information content (AvgIpc) is 3.07. The number of guanidine groups is 1. The van der Waals surface area contributed by atoms with Crippen LogP contribution in [0.25, 0.3) is 0 Å². The molecule has 1 unspecified atom stereocenters. The Morgan fingerprint density at radius 2 is 2.11 bits per heavy atom. The van der Waals surface area contributed by atoms with Gasteiger partial charge in [0, 0.05) is 43.1 Å². The standard InChI is InChI=1S/C20H29BrN6O/c1-20(2,14-5-7-15(21)8-6-14)13-23-19(22-3)24-16-9-10-18-25-17(12-28-4)26-27(18)11-16/h5-8,16H,9-13H2,1-4H3,(H2,22,23,24). The molecule has 0 amide bonds. The van der Waals surface area contributed by atoms with E-state index in [1.807, 2.05) is 11.7 Å². The molecule has 3 rings (SSSR count). The quantitative estimate of drug-likeness (QED) is 0.524. The summed E-state index contributed by atoms with van der Waals surface area (Å²) in [6, 6.07) is 8.76. The molecule has 0 radical (unpaired) electrons. The first-order valence-corrected chi connectivity index (χ1v) is 10.4. The van der Waals surface area contributed by atoms with E-state index in [2.05, 4.69) is 79.8 Å². The maximum Gasteiger partial charge on any atom is 0.191 e. The van der Waals surface area contributed by atoms with Crippen molar-refractivity contribution >= 4 is 21.9 Å². The molecule has 8 heteroatoms. The number of methoxy groups -OCH3 is 1. The minimum absolute atomic E-state index is 0.0149. The van der Waals surface area contributed by atoms with Crippen LogP contribution in [0.1, 0.15) is 37.5 Å². The Balaban J connectivity index is 1.56. The van der Waals surface area contributed by atoms with Gasteiger partial charge in [-0.3, -0.25) is 4.99 Å². The molecule has 2 N–H and O–H groups in total. The van der Waals surface area contributed by atoms with Gasteiger partial charge in [-0.1, -0.05) is 41.9 Å². The second kappa shape index (κ2) is 9.05. The van der Waals surface area contributed by atoms with Crippen LogP contribution in [0, 0.1) is 0 Å². The first-order valence-electron chi connectivity index (χ1n) is 9.56. The molecular weight excluding hydrogens is 420 g/mol. The highest BCUT2D eigenvalue weighted by Crippen LogP contribution is 2.24. The Morgan fingerprint density at radius 3 is 2.79 bits per heavy atom. The number of hydrogen-bond acceptors (Lipinski definition) is 4. The smallest absolute Gasteiger partial charge is 0.191 e. The van der Waals surface area contributed by atoms with Crippen LogP contribution in [-0.4, -0.2) is 47.5 Å². The lowest BCUT2D eigenvalue weighted by atomic mass is 9.85. The fraction of sp³-hybridized carbons (Fsp3) is 0.550. The molecule has 28 heavy (non-hydrogen) atoms. The molecule has 7 nitrogen and oxygen atoms in total.